The Morgan fingerprint density at radius 2 is 1.09 bits per heavy atom. The third-order valence-corrected chi connectivity index (χ3v) is 9.96. The maximum absolute atomic E-state index is 2.36. The molecule has 1 aromatic carbocycles. The van der Waals surface area contributed by atoms with Gasteiger partial charge in [0.05, 0.1) is 24.6 Å². The summed E-state index contributed by atoms with van der Waals surface area (Å²) in [5, 5.41) is 0. The number of unbranched alkanes of at least 4 members (excludes halogenated alkanes) is 3. The SMILES string of the molecule is CCCC[P+](CCCC)(CCCC)CCCc1ccccc1. The molecule has 0 heterocycles. The van der Waals surface area contributed by atoms with Crippen LogP contribution in [0.4, 0.5) is 0 Å². The van der Waals surface area contributed by atoms with Gasteiger partial charge in [-0.25, -0.2) is 0 Å². The summed E-state index contributed by atoms with van der Waals surface area (Å²) in [7, 11) is -0.683. The fourth-order valence-corrected chi connectivity index (χ4v) is 8.55. The first kappa shape index (κ1) is 19.7. The van der Waals surface area contributed by atoms with Crippen molar-refractivity contribution >= 4 is 7.26 Å². The van der Waals surface area contributed by atoms with E-state index < -0.39 is 7.26 Å². The fraction of sp³-hybridized carbons (Fsp3) is 0.714. The van der Waals surface area contributed by atoms with Crippen LogP contribution >= 0.6 is 7.26 Å². The second-order valence-electron chi connectivity index (χ2n) is 6.89. The summed E-state index contributed by atoms with van der Waals surface area (Å²) >= 11 is 0. The van der Waals surface area contributed by atoms with Crippen molar-refractivity contribution in [2.24, 2.45) is 0 Å². The van der Waals surface area contributed by atoms with Gasteiger partial charge in [-0.3, -0.25) is 0 Å². The minimum absolute atomic E-state index is 0.683. The van der Waals surface area contributed by atoms with Crippen LogP contribution in [0.15, 0.2) is 30.3 Å². The highest BCUT2D eigenvalue weighted by Crippen LogP contribution is 2.61. The summed E-state index contributed by atoms with van der Waals surface area (Å²) in [5.74, 6) is 0. The number of benzene rings is 1. The topological polar surface area (TPSA) is 0 Å². The van der Waals surface area contributed by atoms with Crippen molar-refractivity contribution < 1.29 is 0 Å². The minimum Gasteiger partial charge on any atom is -0.0652 e. The molecule has 1 heteroatoms. The molecule has 1 aromatic rings. The molecule has 0 spiro atoms. The normalized spacial score (nSPS) is 11.8. The first-order chi connectivity index (χ1) is 10.8. The number of hydrogen-bond donors (Lipinski definition) is 0. The Labute approximate surface area is 140 Å². The Kier molecular flexibility index (Phi) is 10.9. The molecule has 0 atom stereocenters. The minimum atomic E-state index is -0.683. The molecule has 0 aliphatic rings. The zero-order valence-electron chi connectivity index (χ0n) is 15.3. The van der Waals surface area contributed by atoms with Crippen LogP contribution in [-0.2, 0) is 6.42 Å². The molecule has 0 N–H and O–H groups in total. The Hall–Kier alpha value is -0.350. The lowest BCUT2D eigenvalue weighted by Gasteiger charge is -2.28. The average molecular weight is 322 g/mol. The number of aryl methyl sites for hydroxylation is 1. The van der Waals surface area contributed by atoms with Gasteiger partial charge in [0, 0.05) is 7.26 Å². The van der Waals surface area contributed by atoms with E-state index >= 15 is 0 Å². The summed E-state index contributed by atoms with van der Waals surface area (Å²) < 4.78 is 0. The summed E-state index contributed by atoms with van der Waals surface area (Å²) in [6, 6.07) is 11.1. The summed E-state index contributed by atoms with van der Waals surface area (Å²) in [6.07, 6.45) is 17.5. The van der Waals surface area contributed by atoms with E-state index in [1.165, 1.54) is 56.9 Å². The lowest BCUT2D eigenvalue weighted by Crippen LogP contribution is -2.13. The summed E-state index contributed by atoms with van der Waals surface area (Å²) in [5.41, 5.74) is 1.53. The van der Waals surface area contributed by atoms with Gasteiger partial charge >= 0.3 is 0 Å². The van der Waals surface area contributed by atoms with Crippen LogP contribution in [0, 0.1) is 0 Å². The number of rotatable bonds is 13. The lowest BCUT2D eigenvalue weighted by molar-refractivity contribution is 0.820. The first-order valence-electron chi connectivity index (χ1n) is 9.65. The second kappa shape index (κ2) is 12.1. The molecule has 0 bridgehead atoms. The summed E-state index contributed by atoms with van der Waals surface area (Å²) in [4.78, 5) is 0. The number of hydrogen-bond acceptors (Lipinski definition) is 0. The molecule has 0 amide bonds. The van der Waals surface area contributed by atoms with Crippen molar-refractivity contribution in [3.63, 3.8) is 0 Å². The first-order valence-corrected chi connectivity index (χ1v) is 12.2. The van der Waals surface area contributed by atoms with Gasteiger partial charge in [-0.15, -0.1) is 0 Å². The van der Waals surface area contributed by atoms with Crippen LogP contribution in [0.2, 0.25) is 0 Å². The van der Waals surface area contributed by atoms with E-state index in [2.05, 4.69) is 51.1 Å². The van der Waals surface area contributed by atoms with E-state index in [4.69, 9.17) is 0 Å². The Morgan fingerprint density at radius 3 is 1.55 bits per heavy atom. The van der Waals surface area contributed by atoms with Crippen LogP contribution in [0.3, 0.4) is 0 Å². The zero-order valence-corrected chi connectivity index (χ0v) is 16.2. The molecule has 1 rings (SSSR count). The van der Waals surface area contributed by atoms with Gasteiger partial charge in [-0.1, -0.05) is 70.4 Å². The van der Waals surface area contributed by atoms with E-state index in [9.17, 15) is 0 Å². The largest absolute Gasteiger partial charge is 0.0652 e. The highest BCUT2D eigenvalue weighted by atomic mass is 31.2. The molecule has 22 heavy (non-hydrogen) atoms. The molecule has 0 fully saturated rings. The average Bonchev–Trinajstić information content (AvgIpc) is 2.57. The zero-order chi connectivity index (χ0) is 16.1. The maximum atomic E-state index is 2.36. The van der Waals surface area contributed by atoms with Crippen molar-refractivity contribution in [2.75, 3.05) is 24.6 Å². The van der Waals surface area contributed by atoms with Gasteiger partial charge in [-0.05, 0) is 37.7 Å². The lowest BCUT2D eigenvalue weighted by atomic mass is 10.1. The van der Waals surface area contributed by atoms with Crippen molar-refractivity contribution in [2.45, 2.75) is 72.1 Å². The predicted molar refractivity (Wildman–Crippen MR) is 106 cm³/mol. The molecule has 126 valence electrons. The molecule has 0 radical (unpaired) electrons. The van der Waals surface area contributed by atoms with Gasteiger partial charge < -0.3 is 0 Å². The highest BCUT2D eigenvalue weighted by molar-refractivity contribution is 7.75. The molecule has 0 unspecified atom stereocenters. The van der Waals surface area contributed by atoms with Crippen LogP contribution in [0.5, 0.6) is 0 Å². The monoisotopic (exact) mass is 321 g/mol. The van der Waals surface area contributed by atoms with E-state index in [1.54, 1.807) is 24.6 Å². The van der Waals surface area contributed by atoms with Gasteiger partial charge in [0.15, 0.2) is 0 Å². The predicted octanol–water partition coefficient (Wildman–Crippen LogP) is 7.04. The quantitative estimate of drug-likeness (QED) is 0.342. The Morgan fingerprint density at radius 1 is 0.636 bits per heavy atom. The van der Waals surface area contributed by atoms with Crippen molar-refractivity contribution in [3.05, 3.63) is 35.9 Å². The Bertz CT molecular complexity index is 336. The second-order valence-corrected chi connectivity index (χ2v) is 11.4. The molecular formula is C21H38P+. The van der Waals surface area contributed by atoms with Crippen LogP contribution < -0.4 is 0 Å². The van der Waals surface area contributed by atoms with E-state index in [1.807, 2.05) is 0 Å². The van der Waals surface area contributed by atoms with Gasteiger partial charge in [0.25, 0.3) is 0 Å². The molecule has 0 saturated heterocycles. The molecule has 0 aromatic heterocycles. The van der Waals surface area contributed by atoms with Crippen molar-refractivity contribution in [1.29, 1.82) is 0 Å². The molecule has 0 saturated carbocycles. The van der Waals surface area contributed by atoms with Gasteiger partial charge in [0.1, 0.15) is 0 Å². The van der Waals surface area contributed by atoms with Gasteiger partial charge in [0.2, 0.25) is 0 Å². The molecule has 0 aliphatic heterocycles. The van der Waals surface area contributed by atoms with E-state index in [0.717, 1.165) is 0 Å². The highest BCUT2D eigenvalue weighted by Gasteiger charge is 2.34. The van der Waals surface area contributed by atoms with Crippen LogP contribution in [0.25, 0.3) is 0 Å². The standard InChI is InChI=1S/C21H38P/c1-4-7-17-22(18-8-5-2,19-9-6-3)20-13-16-21-14-11-10-12-15-21/h10-12,14-15H,4-9,13,16-20H2,1-3H3/q+1. The smallest absolute Gasteiger partial charge is 0.0597 e. The fourth-order valence-electron chi connectivity index (χ4n) is 3.41. The Balaban J connectivity index is 2.59. The van der Waals surface area contributed by atoms with Crippen LogP contribution in [0.1, 0.15) is 71.3 Å². The van der Waals surface area contributed by atoms with E-state index in [0.29, 0.717) is 0 Å². The third kappa shape index (κ3) is 7.77. The van der Waals surface area contributed by atoms with Gasteiger partial charge in [-0.2, -0.15) is 0 Å². The van der Waals surface area contributed by atoms with Crippen LogP contribution in [-0.4, -0.2) is 24.6 Å². The third-order valence-electron chi connectivity index (χ3n) is 4.90. The molecule has 0 aliphatic carbocycles. The van der Waals surface area contributed by atoms with E-state index in [-0.39, 0.29) is 0 Å². The maximum Gasteiger partial charge on any atom is 0.0597 e. The molecular weight excluding hydrogens is 283 g/mol. The summed E-state index contributed by atoms with van der Waals surface area (Å²) in [6.45, 7) is 7.08. The van der Waals surface area contributed by atoms with Crippen molar-refractivity contribution in [3.8, 4) is 0 Å². The molecule has 0 nitrogen and oxygen atoms in total. The van der Waals surface area contributed by atoms with Crippen molar-refractivity contribution in [1.82, 2.24) is 0 Å².